The Labute approximate surface area is 127 Å². The predicted molar refractivity (Wildman–Crippen MR) is 86.8 cm³/mol. The van der Waals surface area contributed by atoms with Gasteiger partial charge < -0.3 is 21.5 Å². The maximum absolute atomic E-state index is 11.4. The number of nitrogens with two attached hydrogens (primary N) is 2. The van der Waals surface area contributed by atoms with E-state index in [4.69, 9.17) is 16.2 Å². The molecule has 1 aromatic carbocycles. The van der Waals surface area contributed by atoms with Gasteiger partial charge in [0.2, 0.25) is 0 Å². The third kappa shape index (κ3) is 3.66. The predicted octanol–water partition coefficient (Wildman–Crippen LogP) is 2.83. The molecule has 2 aromatic rings. The average Bonchev–Trinajstić information content (AvgIpc) is 2.75. The highest BCUT2D eigenvalue weighted by atomic mass is 32.1. The van der Waals surface area contributed by atoms with Gasteiger partial charge in [0, 0.05) is 6.54 Å². The van der Waals surface area contributed by atoms with Crippen molar-refractivity contribution in [2.45, 2.75) is 26.5 Å². The van der Waals surface area contributed by atoms with Gasteiger partial charge in [0.05, 0.1) is 6.10 Å². The fraction of sp³-hybridized carbons (Fsp3) is 0.267. The lowest BCUT2D eigenvalue weighted by atomic mass is 10.2. The van der Waals surface area contributed by atoms with Gasteiger partial charge in [0.15, 0.2) is 5.75 Å². The van der Waals surface area contributed by atoms with Crippen LogP contribution in [0.25, 0.3) is 0 Å². The van der Waals surface area contributed by atoms with Crippen LogP contribution in [0.1, 0.15) is 29.1 Å². The molecule has 0 atom stereocenters. The molecule has 1 amide bonds. The highest BCUT2D eigenvalue weighted by molar-refractivity contribution is 7.19. The lowest BCUT2D eigenvalue weighted by molar-refractivity contribution is 0.100. The lowest BCUT2D eigenvalue weighted by Gasteiger charge is -2.12. The number of carbonyl (C=O) groups excluding carboxylic acids is 1. The normalized spacial score (nSPS) is 10.6. The Hall–Kier alpha value is -2.21. The fourth-order valence-corrected chi connectivity index (χ4v) is 2.76. The molecular formula is C15H19N3O2S. The SMILES string of the molecule is CC(C)Oc1c(NCc2ccccc2)sc(C(N)=O)c1N. The second-order valence-corrected chi connectivity index (χ2v) is 5.89. The second kappa shape index (κ2) is 6.49. The van der Waals surface area contributed by atoms with E-state index in [1.54, 1.807) is 0 Å². The maximum atomic E-state index is 11.4. The highest BCUT2D eigenvalue weighted by Crippen LogP contribution is 2.43. The minimum atomic E-state index is -0.543. The molecule has 21 heavy (non-hydrogen) atoms. The molecule has 6 heteroatoms. The summed E-state index contributed by atoms with van der Waals surface area (Å²) < 4.78 is 5.71. The molecule has 0 saturated heterocycles. The van der Waals surface area contributed by atoms with Crippen LogP contribution in [0.3, 0.4) is 0 Å². The van der Waals surface area contributed by atoms with Crippen LogP contribution < -0.4 is 21.5 Å². The standard InChI is InChI=1S/C15H19N3O2S/c1-9(2)20-12-11(16)13(14(17)19)21-15(12)18-8-10-6-4-3-5-7-10/h3-7,9,18H,8,16H2,1-2H3,(H2,17,19). The molecule has 1 heterocycles. The lowest BCUT2D eigenvalue weighted by Crippen LogP contribution is -2.12. The Kier molecular flexibility index (Phi) is 4.70. The van der Waals surface area contributed by atoms with Gasteiger partial charge in [-0.05, 0) is 19.4 Å². The molecule has 2 rings (SSSR count). The third-order valence-electron chi connectivity index (χ3n) is 2.77. The second-order valence-electron chi connectivity index (χ2n) is 4.87. The number of hydrogen-bond donors (Lipinski definition) is 3. The Morgan fingerprint density at radius 2 is 2.00 bits per heavy atom. The molecule has 0 aliphatic carbocycles. The van der Waals surface area contributed by atoms with Crippen molar-refractivity contribution in [2.75, 3.05) is 11.1 Å². The molecular weight excluding hydrogens is 286 g/mol. The van der Waals surface area contributed by atoms with E-state index in [-0.39, 0.29) is 6.10 Å². The van der Waals surface area contributed by atoms with Crippen LogP contribution in [0.4, 0.5) is 10.7 Å². The molecule has 5 N–H and O–H groups in total. The largest absolute Gasteiger partial charge is 0.486 e. The third-order valence-corrected chi connectivity index (χ3v) is 3.93. The molecule has 0 fully saturated rings. The molecule has 0 bridgehead atoms. The topological polar surface area (TPSA) is 90.4 Å². The van der Waals surface area contributed by atoms with Crippen molar-refractivity contribution < 1.29 is 9.53 Å². The summed E-state index contributed by atoms with van der Waals surface area (Å²) in [5.74, 6) is -0.0430. The van der Waals surface area contributed by atoms with Gasteiger partial charge >= 0.3 is 0 Å². The number of hydrogen-bond acceptors (Lipinski definition) is 5. The molecule has 0 spiro atoms. The van der Waals surface area contributed by atoms with E-state index >= 15 is 0 Å². The van der Waals surface area contributed by atoms with Gasteiger partial charge in [-0.15, -0.1) is 11.3 Å². The molecule has 5 nitrogen and oxygen atoms in total. The first kappa shape index (κ1) is 15.2. The van der Waals surface area contributed by atoms with E-state index < -0.39 is 5.91 Å². The number of ether oxygens (including phenoxy) is 1. The summed E-state index contributed by atoms with van der Waals surface area (Å²) in [4.78, 5) is 11.7. The van der Waals surface area contributed by atoms with E-state index in [0.29, 0.717) is 22.9 Å². The zero-order valence-corrected chi connectivity index (χ0v) is 12.9. The number of benzene rings is 1. The molecule has 0 aliphatic rings. The van der Waals surface area contributed by atoms with Crippen molar-refractivity contribution in [3.63, 3.8) is 0 Å². The van der Waals surface area contributed by atoms with Gasteiger partial charge in [-0.3, -0.25) is 4.79 Å². The van der Waals surface area contributed by atoms with Crippen LogP contribution in [-0.2, 0) is 6.54 Å². The zero-order chi connectivity index (χ0) is 15.4. The van der Waals surface area contributed by atoms with E-state index in [0.717, 1.165) is 10.6 Å². The Balaban J connectivity index is 2.24. The van der Waals surface area contributed by atoms with Crippen LogP contribution in [-0.4, -0.2) is 12.0 Å². The molecule has 0 aliphatic heterocycles. The van der Waals surface area contributed by atoms with Gasteiger partial charge in [0.25, 0.3) is 5.91 Å². The van der Waals surface area contributed by atoms with Gasteiger partial charge in [0.1, 0.15) is 15.6 Å². The summed E-state index contributed by atoms with van der Waals surface area (Å²) in [6.07, 6.45) is -0.0418. The number of anilines is 2. The van der Waals surface area contributed by atoms with E-state index in [1.165, 1.54) is 11.3 Å². The Bertz CT molecular complexity index is 623. The first-order valence-electron chi connectivity index (χ1n) is 6.65. The van der Waals surface area contributed by atoms with E-state index in [1.807, 2.05) is 44.2 Å². The van der Waals surface area contributed by atoms with Crippen molar-refractivity contribution >= 4 is 27.9 Å². The van der Waals surface area contributed by atoms with Crippen LogP contribution in [0.2, 0.25) is 0 Å². The molecule has 0 saturated carbocycles. The summed E-state index contributed by atoms with van der Waals surface area (Å²) in [7, 11) is 0. The number of rotatable bonds is 6. The number of nitrogens with one attached hydrogen (secondary N) is 1. The monoisotopic (exact) mass is 305 g/mol. The van der Waals surface area contributed by atoms with Crippen molar-refractivity contribution in [3.05, 3.63) is 40.8 Å². The number of primary amides is 1. The smallest absolute Gasteiger partial charge is 0.261 e. The van der Waals surface area contributed by atoms with Gasteiger partial charge in [-0.25, -0.2) is 0 Å². The zero-order valence-electron chi connectivity index (χ0n) is 12.1. The number of nitrogen functional groups attached to an aromatic ring is 1. The quantitative estimate of drug-likeness (QED) is 0.765. The number of thiophene rings is 1. The Morgan fingerprint density at radius 1 is 1.33 bits per heavy atom. The van der Waals surface area contributed by atoms with Crippen molar-refractivity contribution in [1.29, 1.82) is 0 Å². The summed E-state index contributed by atoms with van der Waals surface area (Å²) in [6, 6.07) is 9.94. The van der Waals surface area contributed by atoms with Crippen LogP contribution >= 0.6 is 11.3 Å². The summed E-state index contributed by atoms with van der Waals surface area (Å²) in [6.45, 7) is 4.43. The number of carbonyl (C=O) groups is 1. The molecule has 0 unspecified atom stereocenters. The highest BCUT2D eigenvalue weighted by Gasteiger charge is 2.21. The summed E-state index contributed by atoms with van der Waals surface area (Å²) >= 11 is 1.22. The van der Waals surface area contributed by atoms with Crippen molar-refractivity contribution in [2.24, 2.45) is 5.73 Å². The molecule has 0 radical (unpaired) electrons. The molecule has 1 aromatic heterocycles. The van der Waals surface area contributed by atoms with Crippen LogP contribution in [0.5, 0.6) is 5.75 Å². The van der Waals surface area contributed by atoms with E-state index in [2.05, 4.69) is 5.32 Å². The van der Waals surface area contributed by atoms with Crippen LogP contribution in [0, 0.1) is 0 Å². The van der Waals surface area contributed by atoms with Crippen molar-refractivity contribution in [3.8, 4) is 5.75 Å². The van der Waals surface area contributed by atoms with Gasteiger partial charge in [-0.1, -0.05) is 30.3 Å². The van der Waals surface area contributed by atoms with E-state index in [9.17, 15) is 4.79 Å². The minimum absolute atomic E-state index is 0.0418. The maximum Gasteiger partial charge on any atom is 0.261 e. The Morgan fingerprint density at radius 3 is 2.57 bits per heavy atom. The summed E-state index contributed by atoms with van der Waals surface area (Å²) in [5, 5.41) is 3.98. The average molecular weight is 305 g/mol. The van der Waals surface area contributed by atoms with Gasteiger partial charge in [-0.2, -0.15) is 0 Å². The number of amides is 1. The summed E-state index contributed by atoms with van der Waals surface area (Å²) in [5.41, 5.74) is 12.7. The minimum Gasteiger partial charge on any atom is -0.486 e. The molecule has 112 valence electrons. The fourth-order valence-electron chi connectivity index (χ4n) is 1.86. The first-order valence-corrected chi connectivity index (χ1v) is 7.47. The van der Waals surface area contributed by atoms with Crippen LogP contribution in [0.15, 0.2) is 30.3 Å². The first-order chi connectivity index (χ1) is 9.99. The van der Waals surface area contributed by atoms with Crippen molar-refractivity contribution in [1.82, 2.24) is 0 Å².